The first-order valence-electron chi connectivity index (χ1n) is 11.1. The van der Waals surface area contributed by atoms with Crippen LogP contribution in [0.5, 0.6) is 16.7 Å². The van der Waals surface area contributed by atoms with Crippen LogP contribution in [0, 0.1) is 0 Å². The van der Waals surface area contributed by atoms with Crippen molar-refractivity contribution in [2.45, 2.75) is 36.7 Å². The second kappa shape index (κ2) is 10.6. The quantitative estimate of drug-likeness (QED) is 0.436. The van der Waals surface area contributed by atoms with Crippen LogP contribution in [0.15, 0.2) is 47.4 Å². The number of aromatic nitrogens is 1. The Hall–Kier alpha value is -2.85. The van der Waals surface area contributed by atoms with E-state index in [9.17, 15) is 13.2 Å². The summed E-state index contributed by atoms with van der Waals surface area (Å²) >= 11 is 1.48. The molecule has 1 aliphatic rings. The van der Waals surface area contributed by atoms with E-state index in [0.29, 0.717) is 30.5 Å². The number of ether oxygens (including phenoxy) is 3. The van der Waals surface area contributed by atoms with Gasteiger partial charge in [-0.15, -0.1) is 0 Å². The lowest BCUT2D eigenvalue weighted by atomic mass is 10.1. The molecule has 0 saturated carbocycles. The molecule has 2 aromatic carbocycles. The molecule has 1 fully saturated rings. The third-order valence-electron chi connectivity index (χ3n) is 5.86. The summed E-state index contributed by atoms with van der Waals surface area (Å²) in [7, 11) is -0.267. The van der Waals surface area contributed by atoms with Crippen LogP contribution >= 0.6 is 11.3 Å². The van der Waals surface area contributed by atoms with Gasteiger partial charge in [-0.25, -0.2) is 13.4 Å². The molecule has 3 aromatic rings. The Kier molecular flexibility index (Phi) is 7.57. The maximum Gasteiger partial charge on any atom is 0.274 e. The van der Waals surface area contributed by atoms with E-state index >= 15 is 0 Å². The summed E-state index contributed by atoms with van der Waals surface area (Å²) in [5, 5.41) is 0.622. The number of hydrogen-bond donors (Lipinski definition) is 0. The lowest BCUT2D eigenvalue weighted by molar-refractivity contribution is -0.133. The normalized spacial score (nSPS) is 14.8. The molecule has 1 aromatic heterocycles. The van der Waals surface area contributed by atoms with Gasteiger partial charge in [-0.2, -0.15) is 0 Å². The summed E-state index contributed by atoms with van der Waals surface area (Å²) < 4.78 is 42.4. The van der Waals surface area contributed by atoms with Crippen molar-refractivity contribution in [1.29, 1.82) is 0 Å². The number of rotatable bonds is 9. The molecule has 4 rings (SSSR count). The number of benzene rings is 2. The highest BCUT2D eigenvalue weighted by Crippen LogP contribution is 2.32. The summed E-state index contributed by atoms with van der Waals surface area (Å²) in [6.07, 6.45) is 1.94. The molecule has 0 bridgehead atoms. The molecule has 8 nitrogen and oxygen atoms in total. The molecular weight excluding hydrogens is 476 g/mol. The van der Waals surface area contributed by atoms with E-state index in [-0.39, 0.29) is 29.1 Å². The molecule has 0 aliphatic carbocycles. The molecular formula is C24H28N2O6S2. The third-order valence-corrected chi connectivity index (χ3v) is 8.59. The van der Waals surface area contributed by atoms with E-state index in [0.717, 1.165) is 28.8 Å². The Bertz CT molecular complexity index is 1230. The summed E-state index contributed by atoms with van der Waals surface area (Å²) in [4.78, 5) is 19.2. The average Bonchev–Trinajstić information content (AvgIpc) is 3.25. The van der Waals surface area contributed by atoms with Crippen LogP contribution in [0.2, 0.25) is 0 Å². The van der Waals surface area contributed by atoms with Crippen molar-refractivity contribution >= 4 is 37.3 Å². The van der Waals surface area contributed by atoms with Gasteiger partial charge in [0.05, 0.1) is 35.1 Å². The number of sulfone groups is 1. The number of piperidine rings is 1. The molecule has 0 unspecified atom stereocenters. The Labute approximate surface area is 203 Å². The van der Waals surface area contributed by atoms with Crippen LogP contribution in [-0.4, -0.2) is 63.4 Å². The van der Waals surface area contributed by atoms with Crippen molar-refractivity contribution in [1.82, 2.24) is 9.88 Å². The van der Waals surface area contributed by atoms with Crippen LogP contribution < -0.4 is 14.2 Å². The predicted molar refractivity (Wildman–Crippen MR) is 131 cm³/mol. The van der Waals surface area contributed by atoms with E-state index in [1.165, 1.54) is 30.6 Å². The first-order valence-corrected chi connectivity index (χ1v) is 13.6. The van der Waals surface area contributed by atoms with E-state index < -0.39 is 9.84 Å². The number of nitrogens with zero attached hydrogens (tertiary/aromatic N) is 2. The Morgan fingerprint density at radius 2 is 1.74 bits per heavy atom. The van der Waals surface area contributed by atoms with Crippen molar-refractivity contribution in [3.05, 3.63) is 42.5 Å². The van der Waals surface area contributed by atoms with Crippen LogP contribution in [0.3, 0.4) is 0 Å². The Morgan fingerprint density at radius 3 is 2.41 bits per heavy atom. The van der Waals surface area contributed by atoms with E-state index in [1.54, 1.807) is 24.1 Å². The zero-order valence-electron chi connectivity index (χ0n) is 19.2. The molecule has 1 saturated heterocycles. The van der Waals surface area contributed by atoms with Gasteiger partial charge in [0.15, 0.2) is 9.84 Å². The number of methoxy groups -OCH3 is 2. The highest BCUT2D eigenvalue weighted by Gasteiger charge is 2.25. The predicted octanol–water partition coefficient (Wildman–Crippen LogP) is 3.94. The standard InChI is InChI=1S/C24H28N2O6S2/c1-30-17-5-8-20(9-6-17)34(28,29)15-3-4-23(27)26-13-11-18(12-14-26)32-24-25-21-10-7-19(31-2)16-22(21)33-24/h5-10,16,18H,3-4,11-15H2,1-2H3. The number of fused-ring (bicyclic) bond motifs is 1. The molecule has 0 spiro atoms. The van der Waals surface area contributed by atoms with Gasteiger partial charge in [-0.3, -0.25) is 4.79 Å². The largest absolute Gasteiger partial charge is 0.497 e. The minimum atomic E-state index is -3.43. The minimum absolute atomic E-state index is 0.00181. The van der Waals surface area contributed by atoms with Gasteiger partial charge >= 0.3 is 0 Å². The number of likely N-dealkylation sites (tertiary alicyclic amines) is 1. The van der Waals surface area contributed by atoms with Gasteiger partial charge in [0.2, 0.25) is 5.91 Å². The second-order valence-electron chi connectivity index (χ2n) is 8.11. The fourth-order valence-electron chi connectivity index (χ4n) is 3.90. The SMILES string of the molecule is COc1ccc(S(=O)(=O)CCCC(=O)N2CCC(Oc3nc4ccc(OC)cc4s3)CC2)cc1. The smallest absolute Gasteiger partial charge is 0.274 e. The van der Waals surface area contributed by atoms with Crippen molar-refractivity contribution < 1.29 is 27.4 Å². The topological polar surface area (TPSA) is 95.0 Å². The summed E-state index contributed by atoms with van der Waals surface area (Å²) in [5.41, 5.74) is 0.873. The number of hydrogen-bond acceptors (Lipinski definition) is 8. The van der Waals surface area contributed by atoms with E-state index in [1.807, 2.05) is 18.2 Å². The highest BCUT2D eigenvalue weighted by atomic mass is 32.2. The molecule has 2 heterocycles. The molecule has 182 valence electrons. The van der Waals surface area contributed by atoms with Gasteiger partial charge in [0, 0.05) is 32.4 Å². The number of carbonyl (C=O) groups is 1. The first-order chi connectivity index (χ1) is 16.4. The van der Waals surface area contributed by atoms with Gasteiger partial charge in [-0.05, 0) is 48.9 Å². The van der Waals surface area contributed by atoms with Crippen molar-refractivity contribution in [2.75, 3.05) is 33.1 Å². The molecule has 34 heavy (non-hydrogen) atoms. The lowest BCUT2D eigenvalue weighted by Crippen LogP contribution is -2.41. The third kappa shape index (κ3) is 5.79. The van der Waals surface area contributed by atoms with E-state index in [4.69, 9.17) is 14.2 Å². The number of amides is 1. The molecule has 0 radical (unpaired) electrons. The lowest BCUT2D eigenvalue weighted by Gasteiger charge is -2.31. The maximum atomic E-state index is 12.6. The molecule has 1 amide bonds. The first kappa shape index (κ1) is 24.3. The van der Waals surface area contributed by atoms with Crippen molar-refractivity contribution in [3.8, 4) is 16.7 Å². The molecule has 10 heteroatoms. The van der Waals surface area contributed by atoms with Gasteiger partial charge < -0.3 is 19.1 Å². The summed E-state index contributed by atoms with van der Waals surface area (Å²) in [6.45, 7) is 1.18. The van der Waals surface area contributed by atoms with Gasteiger partial charge in [-0.1, -0.05) is 11.3 Å². The van der Waals surface area contributed by atoms with Crippen LogP contribution in [0.25, 0.3) is 10.2 Å². The van der Waals surface area contributed by atoms with Gasteiger partial charge in [0.25, 0.3) is 5.19 Å². The summed E-state index contributed by atoms with van der Waals surface area (Å²) in [5.74, 6) is 1.30. The highest BCUT2D eigenvalue weighted by molar-refractivity contribution is 7.91. The van der Waals surface area contributed by atoms with Crippen LogP contribution in [0.1, 0.15) is 25.7 Å². The maximum absolute atomic E-state index is 12.6. The number of thiazole rings is 1. The van der Waals surface area contributed by atoms with Gasteiger partial charge in [0.1, 0.15) is 17.6 Å². The molecule has 0 N–H and O–H groups in total. The average molecular weight is 505 g/mol. The minimum Gasteiger partial charge on any atom is -0.497 e. The fraction of sp³-hybridized carbons (Fsp3) is 0.417. The Balaban J connectivity index is 1.22. The second-order valence-corrected chi connectivity index (χ2v) is 11.2. The van der Waals surface area contributed by atoms with Crippen molar-refractivity contribution in [2.24, 2.45) is 0 Å². The zero-order valence-corrected chi connectivity index (χ0v) is 20.9. The monoisotopic (exact) mass is 504 g/mol. The molecule has 0 atom stereocenters. The summed E-state index contributed by atoms with van der Waals surface area (Å²) in [6, 6.07) is 12.0. The molecule has 1 aliphatic heterocycles. The van der Waals surface area contributed by atoms with Crippen molar-refractivity contribution in [3.63, 3.8) is 0 Å². The zero-order chi connectivity index (χ0) is 24.1. The van der Waals surface area contributed by atoms with E-state index in [2.05, 4.69) is 4.98 Å². The fourth-order valence-corrected chi connectivity index (χ4v) is 6.12. The Morgan fingerprint density at radius 1 is 1.06 bits per heavy atom. The number of carbonyl (C=O) groups excluding carboxylic acids is 1. The van der Waals surface area contributed by atoms with Crippen LogP contribution in [0.4, 0.5) is 0 Å². The van der Waals surface area contributed by atoms with Crippen LogP contribution in [-0.2, 0) is 14.6 Å².